The van der Waals surface area contributed by atoms with Crippen molar-refractivity contribution in [3.05, 3.63) is 59.7 Å². The number of aliphatic hydroxyl groups is 1. The molecule has 0 bridgehead atoms. The van der Waals surface area contributed by atoms with E-state index in [-0.39, 0.29) is 36.0 Å². The fourth-order valence-corrected chi connectivity index (χ4v) is 5.64. The highest BCUT2D eigenvalue weighted by Gasteiger charge is 2.24. The molecule has 34 heavy (non-hydrogen) atoms. The molecule has 190 valence electrons. The molecule has 2 aromatic carbocycles. The number of aliphatic hydroxyl groups excluding tert-OH is 1. The van der Waals surface area contributed by atoms with E-state index in [0.717, 1.165) is 17.5 Å². The molecule has 0 aliphatic carbocycles. The second-order valence-corrected chi connectivity index (χ2v) is 11.8. The Morgan fingerprint density at radius 3 is 1.91 bits per heavy atom. The molecule has 9 heteroatoms. The lowest BCUT2D eigenvalue weighted by Crippen LogP contribution is -2.29. The smallest absolute Gasteiger partial charge is 0.153 e. The Morgan fingerprint density at radius 1 is 0.971 bits per heavy atom. The van der Waals surface area contributed by atoms with Gasteiger partial charge in [0.1, 0.15) is 59.9 Å². The molecular weight excluding hydrogens is 591 g/mol. The Balaban J connectivity index is 1.98. The average molecular weight is 625 g/mol. The fourth-order valence-electron chi connectivity index (χ4n) is 3.36. The summed E-state index contributed by atoms with van der Waals surface area (Å²) in [5, 5.41) is 9.54. The summed E-state index contributed by atoms with van der Waals surface area (Å²) in [5.41, 5.74) is 1.96. The minimum Gasteiger partial charge on any atom is -0.491 e. The Morgan fingerprint density at radius 2 is 1.47 bits per heavy atom. The summed E-state index contributed by atoms with van der Waals surface area (Å²) in [6.07, 6.45) is 0.277. The Labute approximate surface area is 222 Å². The molecule has 2 atom stereocenters. The number of benzene rings is 2. The topological polar surface area (TPSA) is 82.1 Å². The van der Waals surface area contributed by atoms with Crippen LogP contribution < -0.4 is 9.47 Å². The van der Waals surface area contributed by atoms with Gasteiger partial charge in [0, 0.05) is 5.41 Å². The highest BCUT2D eigenvalue weighted by atomic mass is 127. The molecule has 0 saturated heterocycles. The number of sulfone groups is 1. The molecule has 0 saturated carbocycles. The maximum absolute atomic E-state index is 12.2. The minimum absolute atomic E-state index is 0.0500. The first-order chi connectivity index (χ1) is 16.1. The molecule has 0 fully saturated rings. The van der Waals surface area contributed by atoms with Gasteiger partial charge in [-0.2, -0.15) is 0 Å². The van der Waals surface area contributed by atoms with E-state index in [2.05, 4.69) is 13.8 Å². The molecule has 0 radical (unpaired) electrons. The second-order valence-electron chi connectivity index (χ2n) is 8.78. The SMILES string of the molecule is CCCCS(=O)(=O)C[C@H](COc1ccc(C(C)(C)c2ccc(OC[C@@H](O)CCl)cc2)cc1)OI. The molecule has 0 aromatic heterocycles. The molecule has 0 aliphatic rings. The third-order valence-electron chi connectivity index (χ3n) is 5.58. The summed E-state index contributed by atoms with van der Waals surface area (Å²) in [6, 6.07) is 15.6. The largest absolute Gasteiger partial charge is 0.491 e. The van der Waals surface area contributed by atoms with E-state index in [0.29, 0.717) is 17.9 Å². The minimum atomic E-state index is -3.17. The molecule has 0 amide bonds. The monoisotopic (exact) mass is 624 g/mol. The molecule has 1 N–H and O–H groups in total. The Bertz CT molecular complexity index is 964. The molecule has 2 aromatic rings. The van der Waals surface area contributed by atoms with E-state index < -0.39 is 22.0 Å². The van der Waals surface area contributed by atoms with Crippen molar-refractivity contribution in [2.24, 2.45) is 0 Å². The van der Waals surface area contributed by atoms with Crippen molar-refractivity contribution in [1.82, 2.24) is 0 Å². The maximum atomic E-state index is 12.2. The fraction of sp³-hybridized carbons (Fsp3) is 0.520. The van der Waals surface area contributed by atoms with E-state index in [9.17, 15) is 13.5 Å². The zero-order valence-electron chi connectivity index (χ0n) is 19.9. The van der Waals surface area contributed by atoms with Gasteiger partial charge in [-0.15, -0.1) is 11.6 Å². The average Bonchev–Trinajstić information content (AvgIpc) is 2.84. The van der Waals surface area contributed by atoms with Crippen LogP contribution in [0.25, 0.3) is 0 Å². The van der Waals surface area contributed by atoms with Crippen molar-refractivity contribution in [3.8, 4) is 11.5 Å². The third-order valence-corrected chi connectivity index (χ3v) is 8.45. The van der Waals surface area contributed by atoms with Gasteiger partial charge in [-0.1, -0.05) is 51.5 Å². The molecule has 0 unspecified atom stereocenters. The van der Waals surface area contributed by atoms with Crippen molar-refractivity contribution >= 4 is 44.4 Å². The second kappa shape index (κ2) is 13.9. The number of hydrogen-bond donors (Lipinski definition) is 1. The summed E-state index contributed by atoms with van der Waals surface area (Å²) >= 11 is 7.33. The standard InChI is InChI=1S/C25H34ClIO6S/c1-4-5-14-34(29,30)18-24(33-27)17-32-23-12-8-20(9-13-23)25(2,3)19-6-10-22(11-7-19)31-16-21(28)15-26/h6-13,21,24,28H,4-5,14-18H2,1-3H3/t21-,24-/m0/s1. The van der Waals surface area contributed by atoms with E-state index in [1.54, 1.807) is 23.0 Å². The van der Waals surface area contributed by atoms with Crippen molar-refractivity contribution in [2.75, 3.05) is 30.6 Å². The Kier molecular flexibility index (Phi) is 11.9. The first-order valence-corrected chi connectivity index (χ1v) is 14.5. The third kappa shape index (κ3) is 9.18. The highest BCUT2D eigenvalue weighted by Crippen LogP contribution is 2.33. The van der Waals surface area contributed by atoms with E-state index in [4.69, 9.17) is 24.1 Å². The quantitative estimate of drug-likeness (QED) is 0.213. The van der Waals surface area contributed by atoms with Crippen LogP contribution in [0, 0.1) is 0 Å². The Hall–Kier alpha value is -1.07. The predicted molar refractivity (Wildman–Crippen MR) is 145 cm³/mol. The first kappa shape index (κ1) is 29.2. The van der Waals surface area contributed by atoms with Crippen LogP contribution in [0.3, 0.4) is 0 Å². The summed E-state index contributed by atoms with van der Waals surface area (Å²) in [5.74, 6) is 1.59. The van der Waals surface area contributed by atoms with Crippen LogP contribution in [0.1, 0.15) is 44.7 Å². The number of ether oxygens (including phenoxy) is 2. The van der Waals surface area contributed by atoms with Crippen LogP contribution in [-0.4, -0.2) is 56.3 Å². The number of alkyl halides is 1. The summed E-state index contributed by atoms with van der Waals surface area (Å²) in [6.45, 7) is 6.56. The van der Waals surface area contributed by atoms with Gasteiger partial charge < -0.3 is 17.6 Å². The van der Waals surface area contributed by atoms with Gasteiger partial charge >= 0.3 is 0 Å². The van der Waals surface area contributed by atoms with Gasteiger partial charge in [0.05, 0.1) is 17.4 Å². The van der Waals surface area contributed by atoms with Crippen LogP contribution in [0.2, 0.25) is 0 Å². The summed E-state index contributed by atoms with van der Waals surface area (Å²) < 4.78 is 41.1. The lowest BCUT2D eigenvalue weighted by molar-refractivity contribution is 0.125. The van der Waals surface area contributed by atoms with Crippen LogP contribution in [0.5, 0.6) is 11.5 Å². The summed E-state index contributed by atoms with van der Waals surface area (Å²) in [7, 11) is -3.17. The molecule has 0 heterocycles. The van der Waals surface area contributed by atoms with Crippen LogP contribution in [0.15, 0.2) is 48.5 Å². The van der Waals surface area contributed by atoms with Gasteiger partial charge in [-0.25, -0.2) is 8.42 Å². The van der Waals surface area contributed by atoms with Crippen molar-refractivity contribution in [3.63, 3.8) is 0 Å². The van der Waals surface area contributed by atoms with Gasteiger partial charge in [0.25, 0.3) is 0 Å². The van der Waals surface area contributed by atoms with Gasteiger partial charge in [0.2, 0.25) is 0 Å². The van der Waals surface area contributed by atoms with Crippen LogP contribution in [-0.2, 0) is 18.3 Å². The number of rotatable bonds is 15. The zero-order chi connectivity index (χ0) is 25.2. The lowest BCUT2D eigenvalue weighted by atomic mass is 9.78. The molecule has 6 nitrogen and oxygen atoms in total. The molecule has 2 rings (SSSR count). The van der Waals surface area contributed by atoms with Crippen molar-refractivity contribution in [1.29, 1.82) is 0 Å². The first-order valence-electron chi connectivity index (χ1n) is 11.3. The number of hydrogen-bond acceptors (Lipinski definition) is 6. The zero-order valence-corrected chi connectivity index (χ0v) is 23.6. The van der Waals surface area contributed by atoms with E-state index in [1.165, 1.54) is 0 Å². The van der Waals surface area contributed by atoms with Crippen LogP contribution in [0.4, 0.5) is 0 Å². The van der Waals surface area contributed by atoms with Crippen molar-refractivity contribution in [2.45, 2.75) is 51.2 Å². The predicted octanol–water partition coefficient (Wildman–Crippen LogP) is 5.32. The number of halogens is 2. The summed E-state index contributed by atoms with van der Waals surface area (Å²) in [4.78, 5) is 0. The molecular formula is C25H34ClIO6S. The van der Waals surface area contributed by atoms with Crippen LogP contribution >= 0.6 is 34.6 Å². The molecule has 0 aliphatic heterocycles. The lowest BCUT2D eigenvalue weighted by Gasteiger charge is -2.26. The highest BCUT2D eigenvalue weighted by molar-refractivity contribution is 14.1. The van der Waals surface area contributed by atoms with Crippen molar-refractivity contribution < 1.29 is 26.1 Å². The van der Waals surface area contributed by atoms with E-state index >= 15 is 0 Å². The van der Waals surface area contributed by atoms with E-state index in [1.807, 2.05) is 55.5 Å². The van der Waals surface area contributed by atoms with Gasteiger partial charge in [-0.3, -0.25) is 0 Å². The normalized spacial score (nSPS) is 13.9. The van der Waals surface area contributed by atoms with Gasteiger partial charge in [-0.05, 0) is 41.8 Å². The maximum Gasteiger partial charge on any atom is 0.153 e. The molecule has 0 spiro atoms. The number of unbranched alkanes of at least 4 members (excludes halogenated alkanes) is 1. The van der Waals surface area contributed by atoms with Gasteiger partial charge in [0.15, 0.2) is 9.84 Å².